The standard InChI is InChI=1S/C9H11NO5S/c1-2-15-9(14)8(13)7(12)5-4-16-6(3-11)10-5/h3-4,7-8,12-13H,2H2,1H3. The topological polar surface area (TPSA) is 96.7 Å². The summed E-state index contributed by atoms with van der Waals surface area (Å²) >= 11 is 1.02. The molecule has 0 bridgehead atoms. The minimum atomic E-state index is -1.69. The Labute approximate surface area is 95.5 Å². The van der Waals surface area contributed by atoms with Gasteiger partial charge < -0.3 is 14.9 Å². The molecule has 1 aromatic heterocycles. The number of hydrogen-bond acceptors (Lipinski definition) is 7. The highest BCUT2D eigenvalue weighted by Crippen LogP contribution is 2.19. The van der Waals surface area contributed by atoms with Gasteiger partial charge in [0.25, 0.3) is 0 Å². The van der Waals surface area contributed by atoms with Crippen LogP contribution in [0.5, 0.6) is 0 Å². The fourth-order valence-electron chi connectivity index (χ4n) is 1.01. The van der Waals surface area contributed by atoms with E-state index in [1.54, 1.807) is 6.92 Å². The van der Waals surface area contributed by atoms with E-state index in [4.69, 9.17) is 0 Å². The summed E-state index contributed by atoms with van der Waals surface area (Å²) in [5, 5.41) is 20.5. The van der Waals surface area contributed by atoms with Crippen LogP contribution in [-0.4, -0.2) is 40.2 Å². The van der Waals surface area contributed by atoms with Gasteiger partial charge in [0.05, 0.1) is 12.3 Å². The number of aliphatic hydroxyl groups is 2. The molecule has 7 heteroatoms. The summed E-state index contributed by atoms with van der Waals surface area (Å²) in [7, 11) is 0. The van der Waals surface area contributed by atoms with Gasteiger partial charge in [0, 0.05) is 5.38 Å². The number of ether oxygens (including phenoxy) is 1. The zero-order valence-electron chi connectivity index (χ0n) is 8.49. The lowest BCUT2D eigenvalue weighted by molar-refractivity contribution is -0.159. The normalized spacial score (nSPS) is 14.2. The van der Waals surface area contributed by atoms with Gasteiger partial charge >= 0.3 is 5.97 Å². The molecule has 0 saturated heterocycles. The predicted molar refractivity (Wildman–Crippen MR) is 55.1 cm³/mol. The lowest BCUT2D eigenvalue weighted by atomic mass is 10.1. The third kappa shape index (κ3) is 2.84. The molecule has 2 N–H and O–H groups in total. The van der Waals surface area contributed by atoms with Crippen molar-refractivity contribution in [3.05, 3.63) is 16.1 Å². The van der Waals surface area contributed by atoms with Crippen molar-refractivity contribution in [3.63, 3.8) is 0 Å². The highest BCUT2D eigenvalue weighted by Gasteiger charge is 2.28. The number of carbonyl (C=O) groups excluding carboxylic acids is 2. The highest BCUT2D eigenvalue weighted by molar-refractivity contribution is 7.11. The van der Waals surface area contributed by atoms with Gasteiger partial charge in [0.2, 0.25) is 0 Å². The molecular weight excluding hydrogens is 234 g/mol. The van der Waals surface area contributed by atoms with Crippen LogP contribution in [0.1, 0.15) is 28.5 Å². The molecule has 0 amide bonds. The minimum Gasteiger partial charge on any atom is -0.464 e. The monoisotopic (exact) mass is 245 g/mol. The molecule has 0 saturated carbocycles. The van der Waals surface area contributed by atoms with E-state index in [1.807, 2.05) is 0 Å². The molecule has 2 unspecified atom stereocenters. The van der Waals surface area contributed by atoms with Crippen LogP contribution in [0.2, 0.25) is 0 Å². The van der Waals surface area contributed by atoms with E-state index in [0.29, 0.717) is 6.29 Å². The van der Waals surface area contributed by atoms with Gasteiger partial charge in [-0.1, -0.05) is 0 Å². The molecule has 1 aromatic rings. The number of aliphatic hydroxyl groups excluding tert-OH is 2. The molecule has 0 spiro atoms. The Balaban J connectivity index is 2.72. The Hall–Kier alpha value is -1.31. The van der Waals surface area contributed by atoms with E-state index in [-0.39, 0.29) is 17.3 Å². The number of nitrogens with zero attached hydrogens (tertiary/aromatic N) is 1. The summed E-state index contributed by atoms with van der Waals surface area (Å²) < 4.78 is 4.54. The fourth-order valence-corrected chi connectivity index (χ4v) is 1.66. The quantitative estimate of drug-likeness (QED) is 0.556. The zero-order valence-corrected chi connectivity index (χ0v) is 9.31. The number of thiazole rings is 1. The van der Waals surface area contributed by atoms with Crippen molar-refractivity contribution in [3.8, 4) is 0 Å². The molecule has 88 valence electrons. The SMILES string of the molecule is CCOC(=O)C(O)C(O)c1csc(C=O)n1. The van der Waals surface area contributed by atoms with Crippen LogP contribution in [0.25, 0.3) is 0 Å². The van der Waals surface area contributed by atoms with Gasteiger partial charge in [-0.2, -0.15) is 0 Å². The van der Waals surface area contributed by atoms with Crippen molar-refractivity contribution < 1.29 is 24.5 Å². The van der Waals surface area contributed by atoms with Gasteiger partial charge in [0.1, 0.15) is 6.10 Å². The molecule has 0 fully saturated rings. The second-order valence-corrected chi connectivity index (χ2v) is 3.76. The average molecular weight is 245 g/mol. The summed E-state index contributed by atoms with van der Waals surface area (Å²) in [5.41, 5.74) is 0.0765. The van der Waals surface area contributed by atoms with Gasteiger partial charge in [-0.15, -0.1) is 11.3 Å². The Bertz CT molecular complexity index is 378. The molecular formula is C9H11NO5S. The largest absolute Gasteiger partial charge is 0.464 e. The summed E-state index contributed by atoms with van der Waals surface area (Å²) in [6, 6.07) is 0. The number of rotatable bonds is 5. The van der Waals surface area contributed by atoms with Crippen LogP contribution in [0.3, 0.4) is 0 Å². The van der Waals surface area contributed by atoms with Crippen LogP contribution in [0.15, 0.2) is 5.38 Å². The molecule has 0 aromatic carbocycles. The highest BCUT2D eigenvalue weighted by atomic mass is 32.1. The Morgan fingerprint density at radius 3 is 2.88 bits per heavy atom. The maximum Gasteiger partial charge on any atom is 0.338 e. The summed E-state index contributed by atoms with van der Waals surface area (Å²) in [6.07, 6.45) is -2.65. The fraction of sp³-hybridized carbons (Fsp3) is 0.444. The van der Waals surface area contributed by atoms with Crippen LogP contribution in [0, 0.1) is 0 Å². The lowest BCUT2D eigenvalue weighted by Gasteiger charge is -2.14. The van der Waals surface area contributed by atoms with Crippen molar-refractivity contribution in [1.82, 2.24) is 4.98 Å². The first-order valence-corrected chi connectivity index (χ1v) is 5.41. The number of carbonyl (C=O) groups is 2. The van der Waals surface area contributed by atoms with Crippen molar-refractivity contribution in [2.24, 2.45) is 0 Å². The van der Waals surface area contributed by atoms with Crippen molar-refractivity contribution in [2.75, 3.05) is 6.61 Å². The van der Waals surface area contributed by atoms with E-state index in [2.05, 4.69) is 9.72 Å². The third-order valence-corrected chi connectivity index (χ3v) is 2.56. The van der Waals surface area contributed by atoms with E-state index in [9.17, 15) is 19.8 Å². The second kappa shape index (κ2) is 5.69. The first-order valence-electron chi connectivity index (χ1n) is 4.53. The first-order chi connectivity index (χ1) is 7.60. The average Bonchev–Trinajstić information content (AvgIpc) is 2.75. The molecule has 0 aliphatic heterocycles. The minimum absolute atomic E-state index is 0.0765. The van der Waals surface area contributed by atoms with Crippen molar-refractivity contribution in [1.29, 1.82) is 0 Å². The van der Waals surface area contributed by atoms with Gasteiger partial charge in [-0.25, -0.2) is 9.78 Å². The van der Waals surface area contributed by atoms with E-state index in [0.717, 1.165) is 11.3 Å². The second-order valence-electron chi connectivity index (χ2n) is 2.87. The third-order valence-electron chi connectivity index (χ3n) is 1.77. The Morgan fingerprint density at radius 2 is 2.38 bits per heavy atom. The smallest absolute Gasteiger partial charge is 0.338 e. The van der Waals surface area contributed by atoms with Crippen LogP contribution in [-0.2, 0) is 9.53 Å². The number of aldehydes is 1. The molecule has 6 nitrogen and oxygen atoms in total. The number of aromatic nitrogens is 1. The van der Waals surface area contributed by atoms with E-state index >= 15 is 0 Å². The maximum absolute atomic E-state index is 11.1. The van der Waals surface area contributed by atoms with Gasteiger partial charge in [-0.05, 0) is 6.92 Å². The number of hydrogen-bond donors (Lipinski definition) is 2. The van der Waals surface area contributed by atoms with Gasteiger partial charge in [0.15, 0.2) is 17.4 Å². The Morgan fingerprint density at radius 1 is 1.69 bits per heavy atom. The van der Waals surface area contributed by atoms with Crippen LogP contribution < -0.4 is 0 Å². The molecule has 0 aliphatic carbocycles. The number of esters is 1. The molecule has 1 rings (SSSR count). The van der Waals surface area contributed by atoms with Crippen LogP contribution >= 0.6 is 11.3 Å². The molecule has 16 heavy (non-hydrogen) atoms. The van der Waals surface area contributed by atoms with E-state index < -0.39 is 18.2 Å². The van der Waals surface area contributed by atoms with Crippen LogP contribution in [0.4, 0.5) is 0 Å². The molecule has 1 heterocycles. The first kappa shape index (κ1) is 12.8. The van der Waals surface area contributed by atoms with Crippen molar-refractivity contribution >= 4 is 23.6 Å². The van der Waals surface area contributed by atoms with E-state index in [1.165, 1.54) is 5.38 Å². The summed E-state index contributed by atoms with van der Waals surface area (Å²) in [4.78, 5) is 25.2. The zero-order chi connectivity index (χ0) is 12.1. The predicted octanol–water partition coefficient (Wildman–Crippen LogP) is -0.0870. The molecule has 0 radical (unpaired) electrons. The Kier molecular flexibility index (Phi) is 4.53. The lowest BCUT2D eigenvalue weighted by Crippen LogP contribution is -2.30. The maximum atomic E-state index is 11.1. The summed E-state index contributed by atoms with van der Waals surface area (Å²) in [5.74, 6) is -0.921. The summed E-state index contributed by atoms with van der Waals surface area (Å²) in [6.45, 7) is 1.70. The van der Waals surface area contributed by atoms with Crippen molar-refractivity contribution in [2.45, 2.75) is 19.1 Å². The molecule has 2 atom stereocenters. The molecule has 0 aliphatic rings. The van der Waals surface area contributed by atoms with Gasteiger partial charge in [-0.3, -0.25) is 4.79 Å².